The molecule has 0 spiro atoms. The number of carbonyl (C=O) groups is 1. The molecule has 0 radical (unpaired) electrons. The van der Waals surface area contributed by atoms with Crippen LogP contribution < -0.4 is 19.5 Å². The van der Waals surface area contributed by atoms with E-state index >= 15 is 0 Å². The fourth-order valence-corrected chi connectivity index (χ4v) is 2.70. The third kappa shape index (κ3) is 4.50. The number of ether oxygens (including phenoxy) is 3. The number of hydrogen-bond acceptors (Lipinski definition) is 4. The molecule has 0 saturated heterocycles. The predicted octanol–water partition coefficient (Wildman–Crippen LogP) is 4.48. The summed E-state index contributed by atoms with van der Waals surface area (Å²) in [5.41, 5.74) is 1.43. The number of fused-ring (bicyclic) bond motifs is 1. The molecule has 1 N–H and O–H groups in total. The van der Waals surface area contributed by atoms with Crippen molar-refractivity contribution in [2.45, 2.75) is 13.3 Å². The Kier molecular flexibility index (Phi) is 5.56. The molecule has 132 valence electrons. The first-order valence-electron chi connectivity index (χ1n) is 7.81. The van der Waals surface area contributed by atoms with Gasteiger partial charge in [0, 0.05) is 18.6 Å². The van der Waals surface area contributed by atoms with Gasteiger partial charge in [0.2, 0.25) is 0 Å². The smallest absolute Gasteiger partial charge is 0.262 e. The van der Waals surface area contributed by atoms with Gasteiger partial charge < -0.3 is 19.5 Å². The zero-order valence-corrected chi connectivity index (χ0v) is 15.1. The Balaban J connectivity index is 1.66. The van der Waals surface area contributed by atoms with Gasteiger partial charge in [0.15, 0.2) is 18.1 Å². The highest BCUT2D eigenvalue weighted by Crippen LogP contribution is 2.37. The van der Waals surface area contributed by atoms with E-state index in [1.54, 1.807) is 24.3 Å². The zero-order valence-electron chi connectivity index (χ0n) is 13.6. The Hall–Kier alpha value is -2.11. The molecule has 0 bridgehead atoms. The Morgan fingerprint density at radius 2 is 1.84 bits per heavy atom. The largest absolute Gasteiger partial charge is 0.490 e. The van der Waals surface area contributed by atoms with Crippen LogP contribution in [0.15, 0.2) is 30.3 Å². The second kappa shape index (κ2) is 7.85. The van der Waals surface area contributed by atoms with Crippen LogP contribution in [0.25, 0.3) is 0 Å². The standard InChI is InChI=1S/C18H17Cl2NO4/c1-11-3-4-12(19)15(7-11)25-10-18(22)21-14-9-17-16(8-13(14)20)23-5-2-6-24-17/h3-4,7-9H,2,5-6,10H2,1H3,(H,21,22). The minimum atomic E-state index is -0.353. The van der Waals surface area contributed by atoms with Crippen molar-refractivity contribution in [3.63, 3.8) is 0 Å². The zero-order chi connectivity index (χ0) is 17.8. The summed E-state index contributed by atoms with van der Waals surface area (Å²) in [7, 11) is 0. The van der Waals surface area contributed by atoms with Crippen LogP contribution in [-0.4, -0.2) is 25.7 Å². The lowest BCUT2D eigenvalue weighted by molar-refractivity contribution is -0.118. The van der Waals surface area contributed by atoms with Crippen molar-refractivity contribution in [3.8, 4) is 17.2 Å². The summed E-state index contributed by atoms with van der Waals surface area (Å²) in [6.07, 6.45) is 0.791. The van der Waals surface area contributed by atoms with Crippen LogP contribution >= 0.6 is 23.2 Å². The third-order valence-electron chi connectivity index (χ3n) is 3.56. The van der Waals surface area contributed by atoms with Crippen molar-refractivity contribution in [2.75, 3.05) is 25.1 Å². The van der Waals surface area contributed by atoms with Crippen LogP contribution in [0.2, 0.25) is 10.0 Å². The highest BCUT2D eigenvalue weighted by molar-refractivity contribution is 6.34. The van der Waals surface area contributed by atoms with E-state index in [1.165, 1.54) is 0 Å². The van der Waals surface area contributed by atoms with Gasteiger partial charge in [-0.2, -0.15) is 0 Å². The number of hydrogen-bond donors (Lipinski definition) is 1. The number of halogens is 2. The van der Waals surface area contributed by atoms with E-state index < -0.39 is 0 Å². The van der Waals surface area contributed by atoms with E-state index in [4.69, 9.17) is 37.4 Å². The van der Waals surface area contributed by atoms with Gasteiger partial charge in [0.1, 0.15) is 5.75 Å². The summed E-state index contributed by atoms with van der Waals surface area (Å²) >= 11 is 12.3. The first-order chi connectivity index (χ1) is 12.0. The average Bonchev–Trinajstić information content (AvgIpc) is 2.81. The number of anilines is 1. The molecule has 0 unspecified atom stereocenters. The molecule has 7 heteroatoms. The Labute approximate surface area is 155 Å². The topological polar surface area (TPSA) is 56.8 Å². The summed E-state index contributed by atoms with van der Waals surface area (Å²) in [5.74, 6) is 1.23. The highest BCUT2D eigenvalue weighted by Gasteiger charge is 2.16. The summed E-state index contributed by atoms with van der Waals surface area (Å²) in [6, 6.07) is 8.66. The van der Waals surface area contributed by atoms with Crippen LogP contribution in [0.5, 0.6) is 17.2 Å². The maximum Gasteiger partial charge on any atom is 0.262 e. The van der Waals surface area contributed by atoms with Crippen LogP contribution in [0.3, 0.4) is 0 Å². The number of nitrogens with one attached hydrogen (secondary N) is 1. The molecule has 0 aromatic heterocycles. The molecule has 3 rings (SSSR count). The van der Waals surface area contributed by atoms with Crippen molar-refractivity contribution in [2.24, 2.45) is 0 Å². The van der Waals surface area contributed by atoms with E-state index in [-0.39, 0.29) is 12.5 Å². The molecule has 0 saturated carbocycles. The molecule has 1 amide bonds. The van der Waals surface area contributed by atoms with E-state index in [1.807, 2.05) is 13.0 Å². The second-order valence-corrected chi connectivity index (χ2v) is 6.41. The van der Waals surface area contributed by atoms with Crippen LogP contribution in [0, 0.1) is 6.92 Å². The lowest BCUT2D eigenvalue weighted by Gasteiger charge is -2.13. The van der Waals surface area contributed by atoms with Gasteiger partial charge in [0.05, 0.1) is 28.9 Å². The van der Waals surface area contributed by atoms with Crippen molar-refractivity contribution in [1.82, 2.24) is 0 Å². The number of carbonyl (C=O) groups excluding carboxylic acids is 1. The normalized spacial score (nSPS) is 13.1. The second-order valence-electron chi connectivity index (χ2n) is 5.60. The monoisotopic (exact) mass is 381 g/mol. The first kappa shape index (κ1) is 17.7. The van der Waals surface area contributed by atoms with Crippen molar-refractivity contribution >= 4 is 34.8 Å². The first-order valence-corrected chi connectivity index (χ1v) is 8.56. The molecule has 0 fully saturated rings. The quantitative estimate of drug-likeness (QED) is 0.847. The number of rotatable bonds is 4. The fourth-order valence-electron chi connectivity index (χ4n) is 2.33. The molecule has 1 heterocycles. The molecular weight excluding hydrogens is 365 g/mol. The predicted molar refractivity (Wildman–Crippen MR) is 97.4 cm³/mol. The SMILES string of the molecule is Cc1ccc(Cl)c(OCC(=O)Nc2cc3c(cc2Cl)OCCCO3)c1. The summed E-state index contributed by atoms with van der Waals surface area (Å²) < 4.78 is 16.6. The van der Waals surface area contributed by atoms with Gasteiger partial charge in [-0.05, 0) is 24.6 Å². The summed E-state index contributed by atoms with van der Waals surface area (Å²) in [4.78, 5) is 12.2. The molecule has 0 aliphatic carbocycles. The Morgan fingerprint density at radius 1 is 1.12 bits per heavy atom. The van der Waals surface area contributed by atoms with E-state index in [2.05, 4.69) is 5.32 Å². The summed E-state index contributed by atoms with van der Waals surface area (Å²) in [6.45, 7) is 2.85. The average molecular weight is 382 g/mol. The molecule has 1 aliphatic rings. The minimum Gasteiger partial charge on any atom is -0.490 e. The van der Waals surface area contributed by atoms with Gasteiger partial charge >= 0.3 is 0 Å². The maximum absolute atomic E-state index is 12.2. The highest BCUT2D eigenvalue weighted by atomic mass is 35.5. The lowest BCUT2D eigenvalue weighted by atomic mass is 10.2. The third-order valence-corrected chi connectivity index (χ3v) is 4.18. The van der Waals surface area contributed by atoms with Crippen LogP contribution in [0.4, 0.5) is 5.69 Å². The molecule has 25 heavy (non-hydrogen) atoms. The van der Waals surface area contributed by atoms with Crippen LogP contribution in [-0.2, 0) is 4.79 Å². The Morgan fingerprint density at radius 3 is 2.60 bits per heavy atom. The lowest BCUT2D eigenvalue weighted by Crippen LogP contribution is -2.20. The molecule has 2 aromatic carbocycles. The molecule has 1 aliphatic heterocycles. The number of aryl methyl sites for hydroxylation is 1. The fraction of sp³-hybridized carbons (Fsp3) is 0.278. The van der Waals surface area contributed by atoms with Gasteiger partial charge in [-0.1, -0.05) is 29.3 Å². The Bertz CT molecular complexity index is 795. The van der Waals surface area contributed by atoms with Gasteiger partial charge in [0.25, 0.3) is 5.91 Å². The molecular formula is C18H17Cl2NO4. The van der Waals surface area contributed by atoms with Crippen molar-refractivity contribution in [3.05, 3.63) is 45.9 Å². The number of benzene rings is 2. The molecule has 0 atom stereocenters. The van der Waals surface area contributed by atoms with Gasteiger partial charge in [-0.15, -0.1) is 0 Å². The maximum atomic E-state index is 12.2. The number of amides is 1. The minimum absolute atomic E-state index is 0.187. The van der Waals surface area contributed by atoms with E-state index in [9.17, 15) is 4.79 Å². The summed E-state index contributed by atoms with van der Waals surface area (Å²) in [5, 5.41) is 3.53. The van der Waals surface area contributed by atoms with E-state index in [0.29, 0.717) is 46.2 Å². The van der Waals surface area contributed by atoms with Gasteiger partial charge in [-0.3, -0.25) is 4.79 Å². The van der Waals surface area contributed by atoms with E-state index in [0.717, 1.165) is 12.0 Å². The van der Waals surface area contributed by atoms with Crippen molar-refractivity contribution < 1.29 is 19.0 Å². The van der Waals surface area contributed by atoms with Crippen LogP contribution in [0.1, 0.15) is 12.0 Å². The van der Waals surface area contributed by atoms with Gasteiger partial charge in [-0.25, -0.2) is 0 Å². The molecule has 5 nitrogen and oxygen atoms in total. The molecule has 2 aromatic rings. The van der Waals surface area contributed by atoms with Crippen molar-refractivity contribution in [1.29, 1.82) is 0 Å².